The van der Waals surface area contributed by atoms with E-state index in [0.29, 0.717) is 13.0 Å². The molecule has 1 aromatic rings. The molecular formula is C18H29F3O3SSi2. The number of alkyl halides is 3. The zero-order valence-corrected chi connectivity index (χ0v) is 19.3. The zero-order chi connectivity index (χ0) is 20.5. The maximum atomic E-state index is 12.9. The summed E-state index contributed by atoms with van der Waals surface area (Å²) in [5.41, 5.74) is 1.41. The van der Waals surface area contributed by atoms with E-state index in [2.05, 4.69) is 12.1 Å². The number of hydrogen-bond donors (Lipinski definition) is 1. The standard InChI is InChI=1S/C18H29F3O3SSi2/c1-6-17(16(27(17,5)22)11-18(19,20)21)24-26(3,4)23-12-14-7-9-15(10-8-14)13-25-2/h7-10,16,22H,6,11-13H2,1-5H3. The lowest BCUT2D eigenvalue weighted by atomic mass is 10.1. The Morgan fingerprint density at radius 1 is 1.22 bits per heavy atom. The van der Waals surface area contributed by atoms with Gasteiger partial charge in [0, 0.05) is 17.7 Å². The fourth-order valence-corrected chi connectivity index (χ4v) is 11.6. The molecule has 27 heavy (non-hydrogen) atoms. The third kappa shape index (κ3) is 5.39. The van der Waals surface area contributed by atoms with E-state index in [0.717, 1.165) is 11.3 Å². The Morgan fingerprint density at radius 3 is 2.26 bits per heavy atom. The van der Waals surface area contributed by atoms with E-state index in [4.69, 9.17) is 8.85 Å². The van der Waals surface area contributed by atoms with Crippen molar-refractivity contribution in [3.8, 4) is 0 Å². The molecular weight excluding hydrogens is 409 g/mol. The fraction of sp³-hybridized carbons (Fsp3) is 0.667. The van der Waals surface area contributed by atoms with Gasteiger partial charge in [-0.05, 0) is 43.4 Å². The summed E-state index contributed by atoms with van der Waals surface area (Å²) in [6.07, 6.45) is -2.86. The van der Waals surface area contributed by atoms with Crippen LogP contribution in [0, 0.1) is 0 Å². The van der Waals surface area contributed by atoms with Crippen LogP contribution in [0.2, 0.25) is 25.2 Å². The average molecular weight is 439 g/mol. The van der Waals surface area contributed by atoms with Crippen molar-refractivity contribution in [3.63, 3.8) is 0 Å². The van der Waals surface area contributed by atoms with Crippen molar-refractivity contribution in [1.82, 2.24) is 0 Å². The minimum absolute atomic E-state index is 0.353. The fourth-order valence-electron chi connectivity index (χ4n) is 3.81. The lowest BCUT2D eigenvalue weighted by Gasteiger charge is -2.30. The number of hydrogen-bond acceptors (Lipinski definition) is 4. The topological polar surface area (TPSA) is 38.7 Å². The molecule has 1 aromatic carbocycles. The summed E-state index contributed by atoms with van der Waals surface area (Å²) in [6, 6.07) is 8.10. The maximum absolute atomic E-state index is 12.9. The molecule has 0 saturated carbocycles. The summed E-state index contributed by atoms with van der Waals surface area (Å²) in [5.74, 6) is 0.948. The van der Waals surface area contributed by atoms with E-state index in [1.54, 1.807) is 25.2 Å². The SMILES string of the molecule is CCC1(O[Si](C)(C)OCc2ccc(CSC)cc2)C(CC(F)(F)F)[Si]1(C)O. The molecule has 3 nitrogen and oxygen atoms in total. The monoisotopic (exact) mass is 438 g/mol. The smallest absolute Gasteiger partial charge is 0.389 e. The van der Waals surface area contributed by atoms with Crippen LogP contribution in [0.25, 0.3) is 0 Å². The largest absolute Gasteiger partial charge is 0.429 e. The summed E-state index contributed by atoms with van der Waals surface area (Å²) in [4.78, 5) is 10.7. The number of rotatable bonds is 9. The molecule has 1 aliphatic rings. The first-order chi connectivity index (χ1) is 12.4. The number of benzene rings is 1. The van der Waals surface area contributed by atoms with Crippen LogP contribution in [0.3, 0.4) is 0 Å². The maximum Gasteiger partial charge on any atom is 0.389 e. The van der Waals surface area contributed by atoms with Gasteiger partial charge in [-0.3, -0.25) is 0 Å². The van der Waals surface area contributed by atoms with E-state index in [1.165, 1.54) is 5.56 Å². The van der Waals surface area contributed by atoms with E-state index >= 15 is 0 Å². The van der Waals surface area contributed by atoms with Gasteiger partial charge in [-0.25, -0.2) is 0 Å². The Balaban J connectivity index is 2.01. The van der Waals surface area contributed by atoms with Gasteiger partial charge in [0.1, 0.15) is 0 Å². The van der Waals surface area contributed by atoms with Crippen LogP contribution in [0.4, 0.5) is 13.2 Å². The van der Waals surface area contributed by atoms with Crippen molar-refractivity contribution < 1.29 is 26.8 Å². The Bertz CT molecular complexity index is 638. The highest BCUT2D eigenvalue weighted by Crippen LogP contribution is 2.64. The third-order valence-electron chi connectivity index (χ3n) is 5.32. The second kappa shape index (κ2) is 8.19. The predicted molar refractivity (Wildman–Crippen MR) is 108 cm³/mol. The molecule has 9 heteroatoms. The van der Waals surface area contributed by atoms with Crippen molar-refractivity contribution in [2.45, 2.75) is 68.7 Å². The van der Waals surface area contributed by atoms with Gasteiger partial charge in [-0.15, -0.1) is 0 Å². The summed E-state index contributed by atoms with van der Waals surface area (Å²) in [7, 11) is -5.82. The van der Waals surface area contributed by atoms with Crippen LogP contribution in [0.1, 0.15) is 30.9 Å². The Morgan fingerprint density at radius 2 is 1.78 bits per heavy atom. The molecule has 1 saturated heterocycles. The van der Waals surface area contributed by atoms with Gasteiger partial charge in [0.25, 0.3) is 0 Å². The summed E-state index contributed by atoms with van der Waals surface area (Å²) in [6.45, 7) is 7.38. The van der Waals surface area contributed by atoms with Gasteiger partial charge in [-0.2, -0.15) is 24.9 Å². The minimum Gasteiger partial charge on any atom is -0.429 e. The minimum atomic E-state index is -4.30. The van der Waals surface area contributed by atoms with Crippen LogP contribution in [0.15, 0.2) is 24.3 Å². The van der Waals surface area contributed by atoms with Crippen LogP contribution >= 0.6 is 11.8 Å². The Labute approximate surface area is 166 Å². The molecule has 0 spiro atoms. The van der Waals surface area contributed by atoms with Crippen LogP contribution in [-0.2, 0) is 21.2 Å². The third-order valence-corrected chi connectivity index (χ3v) is 12.1. The summed E-state index contributed by atoms with van der Waals surface area (Å²) >= 11 is 1.75. The first-order valence-electron chi connectivity index (χ1n) is 9.07. The second-order valence-corrected chi connectivity index (χ2v) is 15.8. The van der Waals surface area contributed by atoms with Crippen molar-refractivity contribution >= 4 is 28.6 Å². The van der Waals surface area contributed by atoms with Gasteiger partial charge in [-0.1, -0.05) is 31.2 Å². The van der Waals surface area contributed by atoms with Gasteiger partial charge in [0.05, 0.1) is 11.8 Å². The van der Waals surface area contributed by atoms with E-state index < -0.39 is 40.2 Å². The molecule has 2 rings (SSSR count). The number of halogens is 3. The average Bonchev–Trinajstić information content (AvgIpc) is 2.99. The molecule has 0 bridgehead atoms. The number of thioether (sulfide) groups is 1. The Kier molecular flexibility index (Phi) is 6.97. The lowest BCUT2D eigenvalue weighted by Crippen LogP contribution is -2.44. The molecule has 0 aromatic heterocycles. The van der Waals surface area contributed by atoms with Crippen molar-refractivity contribution in [2.24, 2.45) is 0 Å². The highest BCUT2D eigenvalue weighted by molar-refractivity contribution is 7.97. The van der Waals surface area contributed by atoms with Crippen molar-refractivity contribution in [2.75, 3.05) is 6.26 Å². The highest BCUT2D eigenvalue weighted by Gasteiger charge is 2.78. The highest BCUT2D eigenvalue weighted by atomic mass is 32.2. The van der Waals surface area contributed by atoms with Crippen LogP contribution < -0.4 is 0 Å². The van der Waals surface area contributed by atoms with Gasteiger partial charge < -0.3 is 13.6 Å². The van der Waals surface area contributed by atoms with E-state index in [1.807, 2.05) is 31.5 Å². The normalized spacial score (nSPS) is 28.4. The van der Waals surface area contributed by atoms with E-state index in [-0.39, 0.29) is 0 Å². The molecule has 3 atom stereocenters. The van der Waals surface area contributed by atoms with Crippen molar-refractivity contribution in [1.29, 1.82) is 0 Å². The first kappa shape index (κ1) is 23.0. The van der Waals surface area contributed by atoms with Gasteiger partial charge in [0.2, 0.25) is 8.32 Å². The van der Waals surface area contributed by atoms with Crippen LogP contribution in [0.5, 0.6) is 0 Å². The van der Waals surface area contributed by atoms with Gasteiger partial charge in [0.15, 0.2) is 0 Å². The molecule has 1 aliphatic heterocycles. The van der Waals surface area contributed by atoms with Crippen LogP contribution in [-0.4, -0.2) is 39.3 Å². The molecule has 0 aliphatic carbocycles. The molecule has 1 fully saturated rings. The zero-order valence-electron chi connectivity index (χ0n) is 16.5. The molecule has 0 radical (unpaired) electrons. The molecule has 154 valence electrons. The quantitative estimate of drug-likeness (QED) is 0.526. The van der Waals surface area contributed by atoms with E-state index in [9.17, 15) is 18.0 Å². The molecule has 0 amide bonds. The molecule has 1 heterocycles. The lowest BCUT2D eigenvalue weighted by molar-refractivity contribution is -0.137. The predicted octanol–water partition coefficient (Wildman–Crippen LogP) is 5.38. The second-order valence-electron chi connectivity index (χ2n) is 7.80. The summed E-state index contributed by atoms with van der Waals surface area (Å²) in [5, 5.41) is -1.06. The molecule has 3 unspecified atom stereocenters. The Hall–Kier alpha value is -0.326. The van der Waals surface area contributed by atoms with Crippen molar-refractivity contribution in [3.05, 3.63) is 35.4 Å². The van der Waals surface area contributed by atoms with Gasteiger partial charge >= 0.3 is 14.7 Å². The first-order valence-corrected chi connectivity index (χ1v) is 15.8. The molecule has 1 N–H and O–H groups in total. The summed E-state index contributed by atoms with van der Waals surface area (Å²) < 4.78 is 50.9.